The van der Waals surface area contributed by atoms with Gasteiger partial charge in [-0.25, -0.2) is 18.2 Å². The van der Waals surface area contributed by atoms with Crippen molar-refractivity contribution in [1.29, 1.82) is 0 Å². The fraction of sp³-hybridized carbons (Fsp3) is 0.211. The second-order valence-electron chi connectivity index (χ2n) is 6.57. The van der Waals surface area contributed by atoms with Crippen LogP contribution in [0.25, 0.3) is 11.3 Å². The molecule has 0 spiro atoms. The highest BCUT2D eigenvalue weighted by Gasteiger charge is 2.24. The van der Waals surface area contributed by atoms with E-state index in [-0.39, 0.29) is 29.9 Å². The minimum atomic E-state index is -1.05. The van der Waals surface area contributed by atoms with Crippen LogP contribution in [0.2, 0.25) is 0 Å². The van der Waals surface area contributed by atoms with Gasteiger partial charge >= 0.3 is 0 Å². The first-order valence-electron chi connectivity index (χ1n) is 8.98. The monoisotopic (exact) mass is 471 g/mol. The number of nitrogens with zero attached hydrogens (tertiary/aromatic N) is 2. The number of carbonyl (C=O) groups excluding carboxylic acids is 1. The number of anilines is 2. The van der Waals surface area contributed by atoms with Crippen molar-refractivity contribution in [3.8, 4) is 16.3 Å². The highest BCUT2D eigenvalue weighted by molar-refractivity contribution is 7.08. The molecule has 7 nitrogen and oxygen atoms in total. The molecule has 1 unspecified atom stereocenters. The molecular formula is C19H17ClF3N5O2S. The topological polar surface area (TPSA) is 102 Å². The molecule has 12 heteroatoms. The number of nitrogens with one attached hydrogen (secondary N) is 2. The number of ether oxygens (including phenoxy) is 1. The van der Waals surface area contributed by atoms with E-state index in [1.807, 2.05) is 0 Å². The number of hydrogen-bond donors (Lipinski definition) is 3. The lowest BCUT2D eigenvalue weighted by molar-refractivity contribution is 0.102. The van der Waals surface area contributed by atoms with Crippen LogP contribution in [0.1, 0.15) is 16.9 Å². The first-order valence-corrected chi connectivity index (χ1v) is 9.75. The predicted octanol–water partition coefficient (Wildman–Crippen LogP) is 3.62. The van der Waals surface area contributed by atoms with Crippen molar-refractivity contribution >= 4 is 41.2 Å². The quantitative estimate of drug-likeness (QED) is 0.525. The van der Waals surface area contributed by atoms with Crippen LogP contribution in [0.4, 0.5) is 24.5 Å². The zero-order valence-corrected chi connectivity index (χ0v) is 17.5. The molecule has 1 atom stereocenters. The average Bonchev–Trinajstić information content (AvgIpc) is 3.36. The van der Waals surface area contributed by atoms with Gasteiger partial charge < -0.3 is 21.1 Å². The molecular weight excluding hydrogens is 455 g/mol. The summed E-state index contributed by atoms with van der Waals surface area (Å²) in [7, 11) is 0. The fourth-order valence-electron chi connectivity index (χ4n) is 3.04. The summed E-state index contributed by atoms with van der Waals surface area (Å²) in [4.78, 5) is 16.5. The van der Waals surface area contributed by atoms with Crippen LogP contribution in [0.3, 0.4) is 0 Å². The minimum Gasteiger partial charge on any atom is -0.477 e. The molecule has 1 aromatic carbocycles. The summed E-state index contributed by atoms with van der Waals surface area (Å²) in [6.45, 7) is 1.51. The van der Waals surface area contributed by atoms with Crippen LogP contribution in [0, 0.1) is 17.5 Å². The molecule has 1 saturated heterocycles. The van der Waals surface area contributed by atoms with Gasteiger partial charge in [0.15, 0.2) is 11.5 Å². The molecule has 0 radical (unpaired) electrons. The summed E-state index contributed by atoms with van der Waals surface area (Å²) in [5.41, 5.74) is 4.04. The van der Waals surface area contributed by atoms with Gasteiger partial charge in [0.1, 0.15) is 29.1 Å². The van der Waals surface area contributed by atoms with E-state index < -0.39 is 34.6 Å². The van der Waals surface area contributed by atoms with Gasteiger partial charge in [-0.2, -0.15) is 4.37 Å². The maximum Gasteiger partial charge on any atom is 0.276 e. The van der Waals surface area contributed by atoms with E-state index in [0.29, 0.717) is 17.3 Å². The van der Waals surface area contributed by atoms with Crippen LogP contribution in [0.5, 0.6) is 5.06 Å². The van der Waals surface area contributed by atoms with Crippen molar-refractivity contribution in [3.63, 3.8) is 0 Å². The van der Waals surface area contributed by atoms with Gasteiger partial charge in [0, 0.05) is 24.1 Å². The van der Waals surface area contributed by atoms with Crippen molar-refractivity contribution in [2.45, 2.75) is 12.5 Å². The molecule has 0 saturated carbocycles. The summed E-state index contributed by atoms with van der Waals surface area (Å²) in [6.07, 6.45) is 2.16. The highest BCUT2D eigenvalue weighted by Crippen LogP contribution is 2.32. The molecule has 1 amide bonds. The summed E-state index contributed by atoms with van der Waals surface area (Å²) < 4.78 is 52.4. The maximum atomic E-state index is 14.4. The lowest BCUT2D eigenvalue weighted by atomic mass is 10.1. The molecule has 1 aliphatic rings. The van der Waals surface area contributed by atoms with Crippen LogP contribution in [0.15, 0.2) is 30.5 Å². The highest BCUT2D eigenvalue weighted by atomic mass is 35.5. The van der Waals surface area contributed by atoms with Gasteiger partial charge in [0.05, 0.1) is 17.4 Å². The standard InChI is InChI=1S/C19H16F3N5O2S.ClH/c20-10-2-1-3-11(21)15(10)16-12(22)6-13(23)17(27-16)18(28)26-14-8-25-30-19(14)29-9-4-5-24-7-9;/h1-3,6,8-9,24H,4-5,7,23H2,(H,26,28);1H. The lowest BCUT2D eigenvalue weighted by Gasteiger charge is -2.13. The van der Waals surface area contributed by atoms with Crippen LogP contribution in [-0.2, 0) is 0 Å². The van der Waals surface area contributed by atoms with Crippen molar-refractivity contribution in [3.05, 3.63) is 53.6 Å². The lowest BCUT2D eigenvalue weighted by Crippen LogP contribution is -2.21. The Morgan fingerprint density at radius 2 is 2.00 bits per heavy atom. The summed E-state index contributed by atoms with van der Waals surface area (Å²) in [6, 6.07) is 3.88. The molecule has 31 heavy (non-hydrogen) atoms. The number of nitrogen functional groups attached to an aromatic ring is 1. The van der Waals surface area contributed by atoms with Gasteiger partial charge in [-0.3, -0.25) is 4.79 Å². The number of rotatable bonds is 5. The molecule has 4 N–H and O–H groups in total. The van der Waals surface area contributed by atoms with Gasteiger partial charge in [0.2, 0.25) is 5.06 Å². The third-order valence-electron chi connectivity index (χ3n) is 4.49. The van der Waals surface area contributed by atoms with E-state index >= 15 is 0 Å². The van der Waals surface area contributed by atoms with Crippen molar-refractivity contribution < 1.29 is 22.7 Å². The predicted molar refractivity (Wildman–Crippen MR) is 113 cm³/mol. The Labute approximate surface area is 185 Å². The summed E-state index contributed by atoms with van der Waals surface area (Å²) in [5.74, 6) is -3.87. The normalized spacial score (nSPS) is 15.4. The van der Waals surface area contributed by atoms with E-state index in [1.165, 1.54) is 6.20 Å². The van der Waals surface area contributed by atoms with Crippen LogP contribution in [-0.4, -0.2) is 34.5 Å². The van der Waals surface area contributed by atoms with Crippen molar-refractivity contribution in [2.75, 3.05) is 24.1 Å². The number of benzene rings is 1. The maximum absolute atomic E-state index is 14.4. The third-order valence-corrected chi connectivity index (χ3v) is 5.19. The van der Waals surface area contributed by atoms with Crippen LogP contribution < -0.4 is 21.1 Å². The molecule has 164 valence electrons. The SMILES string of the molecule is Cl.Nc1cc(F)c(-c2c(F)cccc2F)nc1C(=O)Nc1cnsc1OC1CCNC1. The number of nitrogens with two attached hydrogens (primary N) is 1. The molecule has 1 aliphatic heterocycles. The number of hydrogen-bond acceptors (Lipinski definition) is 7. The van der Waals surface area contributed by atoms with Crippen LogP contribution >= 0.6 is 23.9 Å². The molecule has 2 aromatic heterocycles. The van der Waals surface area contributed by atoms with Gasteiger partial charge in [-0.15, -0.1) is 12.4 Å². The number of halogens is 4. The Hall–Kier alpha value is -2.89. The second-order valence-corrected chi connectivity index (χ2v) is 7.33. The summed E-state index contributed by atoms with van der Waals surface area (Å²) in [5, 5.41) is 6.12. The molecule has 3 aromatic rings. The Kier molecular flexibility index (Phi) is 6.98. The van der Waals surface area contributed by atoms with E-state index in [4.69, 9.17) is 10.5 Å². The summed E-state index contributed by atoms with van der Waals surface area (Å²) >= 11 is 1.06. The van der Waals surface area contributed by atoms with E-state index in [9.17, 15) is 18.0 Å². The number of amides is 1. The zero-order valence-electron chi connectivity index (χ0n) is 15.8. The van der Waals surface area contributed by atoms with E-state index in [2.05, 4.69) is 20.0 Å². The van der Waals surface area contributed by atoms with Gasteiger partial charge in [0.25, 0.3) is 5.91 Å². The van der Waals surface area contributed by atoms with Gasteiger partial charge in [-0.05, 0) is 25.1 Å². The molecule has 4 rings (SSSR count). The Morgan fingerprint density at radius 1 is 1.26 bits per heavy atom. The Balaban J connectivity index is 0.00000272. The first kappa shape index (κ1) is 22.8. The van der Waals surface area contributed by atoms with Crippen molar-refractivity contribution in [1.82, 2.24) is 14.7 Å². The molecule has 0 bridgehead atoms. The Bertz CT molecular complexity index is 1090. The first-order chi connectivity index (χ1) is 14.4. The molecule has 3 heterocycles. The molecule has 1 fully saturated rings. The number of pyridine rings is 1. The fourth-order valence-corrected chi connectivity index (χ4v) is 3.68. The average molecular weight is 472 g/mol. The molecule has 0 aliphatic carbocycles. The zero-order chi connectivity index (χ0) is 21.3. The largest absolute Gasteiger partial charge is 0.477 e. The number of aromatic nitrogens is 2. The van der Waals surface area contributed by atoms with E-state index in [0.717, 1.165) is 48.8 Å². The smallest absolute Gasteiger partial charge is 0.276 e. The van der Waals surface area contributed by atoms with E-state index in [1.54, 1.807) is 0 Å². The third kappa shape index (κ3) is 4.73. The number of carbonyl (C=O) groups is 1. The Morgan fingerprint density at radius 3 is 2.68 bits per heavy atom. The second kappa shape index (κ2) is 9.50. The minimum absolute atomic E-state index is 0. The van der Waals surface area contributed by atoms with Crippen molar-refractivity contribution in [2.24, 2.45) is 0 Å². The van der Waals surface area contributed by atoms with Gasteiger partial charge in [-0.1, -0.05) is 6.07 Å².